The fraction of sp³-hybridized carbons (Fsp3) is 0.0588. The lowest BCUT2D eigenvalue weighted by Gasteiger charge is -2.02. The zero-order valence-electron chi connectivity index (χ0n) is 13.1. The van der Waals surface area contributed by atoms with Crippen LogP contribution in [0.2, 0.25) is 0 Å². The molecule has 4 rings (SSSR count). The number of fused-ring (bicyclic) bond motifs is 1. The standard InChI is InChI=1S/C17H14N6O2/c24-17(6-5-13-7-8-25-11-13)19-14-9-18-22(10-14)12-23-16-4-2-1-3-15(16)20-21-23/h1-11H,12H2,(H,19,24). The predicted octanol–water partition coefficient (Wildman–Crippen LogP) is 2.38. The van der Waals surface area contributed by atoms with Crippen LogP contribution in [0.1, 0.15) is 5.56 Å². The second-order valence-electron chi connectivity index (χ2n) is 5.37. The molecular formula is C17H14N6O2. The summed E-state index contributed by atoms with van der Waals surface area (Å²) in [6, 6.07) is 9.47. The van der Waals surface area contributed by atoms with Gasteiger partial charge in [-0.2, -0.15) is 5.10 Å². The monoisotopic (exact) mass is 334 g/mol. The first-order valence-corrected chi connectivity index (χ1v) is 7.60. The smallest absolute Gasteiger partial charge is 0.248 e. The van der Waals surface area contributed by atoms with Crippen LogP contribution in [0.4, 0.5) is 5.69 Å². The zero-order chi connectivity index (χ0) is 17.1. The number of anilines is 1. The van der Waals surface area contributed by atoms with Gasteiger partial charge >= 0.3 is 0 Å². The molecule has 1 N–H and O–H groups in total. The third-order valence-corrected chi connectivity index (χ3v) is 3.57. The summed E-state index contributed by atoms with van der Waals surface area (Å²) >= 11 is 0. The molecule has 8 heteroatoms. The van der Waals surface area contributed by atoms with Crippen LogP contribution in [-0.4, -0.2) is 30.7 Å². The van der Waals surface area contributed by atoms with Crippen molar-refractivity contribution in [1.82, 2.24) is 24.8 Å². The van der Waals surface area contributed by atoms with E-state index in [1.807, 2.05) is 24.3 Å². The van der Waals surface area contributed by atoms with Crippen LogP contribution in [0.25, 0.3) is 17.1 Å². The minimum atomic E-state index is -0.244. The Morgan fingerprint density at radius 1 is 1.28 bits per heavy atom. The van der Waals surface area contributed by atoms with Gasteiger partial charge in [-0.1, -0.05) is 17.3 Å². The lowest BCUT2D eigenvalue weighted by atomic mass is 10.3. The van der Waals surface area contributed by atoms with Crippen molar-refractivity contribution in [3.63, 3.8) is 0 Å². The minimum Gasteiger partial charge on any atom is -0.472 e. The van der Waals surface area contributed by atoms with Gasteiger partial charge in [0.15, 0.2) is 0 Å². The van der Waals surface area contributed by atoms with Crippen molar-refractivity contribution in [2.75, 3.05) is 5.32 Å². The number of aromatic nitrogens is 5. The summed E-state index contributed by atoms with van der Waals surface area (Å²) in [6.07, 6.45) is 9.54. The van der Waals surface area contributed by atoms with Crippen molar-refractivity contribution in [1.29, 1.82) is 0 Å². The number of hydrogen-bond acceptors (Lipinski definition) is 5. The number of furan rings is 1. The highest BCUT2D eigenvalue weighted by Crippen LogP contribution is 2.11. The summed E-state index contributed by atoms with van der Waals surface area (Å²) in [4.78, 5) is 11.9. The summed E-state index contributed by atoms with van der Waals surface area (Å²) in [5.41, 5.74) is 3.18. The van der Waals surface area contributed by atoms with E-state index in [9.17, 15) is 4.79 Å². The largest absolute Gasteiger partial charge is 0.472 e. The molecule has 0 unspecified atom stereocenters. The van der Waals surface area contributed by atoms with E-state index < -0.39 is 0 Å². The maximum absolute atomic E-state index is 11.9. The van der Waals surface area contributed by atoms with Crippen LogP contribution in [0.3, 0.4) is 0 Å². The summed E-state index contributed by atoms with van der Waals surface area (Å²) < 4.78 is 8.36. The van der Waals surface area contributed by atoms with Crippen molar-refractivity contribution in [2.24, 2.45) is 0 Å². The molecule has 0 aliphatic heterocycles. The van der Waals surface area contributed by atoms with Crippen molar-refractivity contribution >= 4 is 28.7 Å². The lowest BCUT2D eigenvalue weighted by molar-refractivity contribution is -0.111. The minimum absolute atomic E-state index is 0.244. The predicted molar refractivity (Wildman–Crippen MR) is 91.5 cm³/mol. The van der Waals surface area contributed by atoms with Gasteiger partial charge in [0.05, 0.1) is 36.1 Å². The number of hydrogen-bond donors (Lipinski definition) is 1. The van der Waals surface area contributed by atoms with Crippen molar-refractivity contribution in [3.8, 4) is 0 Å². The Morgan fingerprint density at radius 3 is 3.08 bits per heavy atom. The average Bonchev–Trinajstić information content (AvgIpc) is 3.36. The molecule has 3 heterocycles. The Hall–Kier alpha value is -3.68. The zero-order valence-corrected chi connectivity index (χ0v) is 13.1. The van der Waals surface area contributed by atoms with E-state index in [0.29, 0.717) is 12.4 Å². The van der Waals surface area contributed by atoms with E-state index >= 15 is 0 Å². The fourth-order valence-electron chi connectivity index (χ4n) is 2.39. The Balaban J connectivity index is 1.42. The Kier molecular flexibility index (Phi) is 3.83. The van der Waals surface area contributed by atoms with Crippen molar-refractivity contribution in [3.05, 3.63) is 66.9 Å². The maximum Gasteiger partial charge on any atom is 0.248 e. The van der Waals surface area contributed by atoms with Gasteiger partial charge in [0.25, 0.3) is 0 Å². The molecule has 0 spiro atoms. The molecular weight excluding hydrogens is 320 g/mol. The number of nitrogens with one attached hydrogen (secondary N) is 1. The van der Waals surface area contributed by atoms with Crippen LogP contribution in [-0.2, 0) is 11.5 Å². The number of para-hydroxylation sites is 1. The highest BCUT2D eigenvalue weighted by molar-refractivity contribution is 6.01. The Labute approximate surface area is 142 Å². The molecule has 0 bridgehead atoms. The first-order chi connectivity index (χ1) is 12.3. The molecule has 1 amide bonds. The molecule has 0 aliphatic carbocycles. The summed E-state index contributed by atoms with van der Waals surface area (Å²) in [6.45, 7) is 0.404. The molecule has 1 aromatic carbocycles. The van der Waals surface area contributed by atoms with Crippen LogP contribution < -0.4 is 5.32 Å². The molecule has 25 heavy (non-hydrogen) atoms. The van der Waals surface area contributed by atoms with Gasteiger partial charge in [0, 0.05) is 11.6 Å². The maximum atomic E-state index is 11.9. The molecule has 0 aliphatic rings. The van der Waals surface area contributed by atoms with Gasteiger partial charge in [-0.25, -0.2) is 9.36 Å². The van der Waals surface area contributed by atoms with E-state index in [2.05, 4.69) is 20.7 Å². The number of benzene rings is 1. The van der Waals surface area contributed by atoms with Crippen molar-refractivity contribution in [2.45, 2.75) is 6.67 Å². The quantitative estimate of drug-likeness (QED) is 0.566. The molecule has 0 saturated carbocycles. The van der Waals surface area contributed by atoms with Crippen LogP contribution in [0.5, 0.6) is 0 Å². The number of amides is 1. The topological polar surface area (TPSA) is 90.8 Å². The molecule has 3 aromatic heterocycles. The number of carbonyl (C=O) groups is 1. The van der Waals surface area contributed by atoms with E-state index in [-0.39, 0.29) is 5.91 Å². The van der Waals surface area contributed by atoms with Crippen molar-refractivity contribution < 1.29 is 9.21 Å². The van der Waals surface area contributed by atoms with E-state index in [4.69, 9.17) is 4.42 Å². The summed E-state index contributed by atoms with van der Waals surface area (Å²) in [7, 11) is 0. The second-order valence-corrected chi connectivity index (χ2v) is 5.37. The first kappa shape index (κ1) is 14.9. The number of rotatable bonds is 5. The summed E-state index contributed by atoms with van der Waals surface area (Å²) in [5.74, 6) is -0.244. The molecule has 0 radical (unpaired) electrons. The fourth-order valence-corrected chi connectivity index (χ4v) is 2.39. The lowest BCUT2D eigenvalue weighted by Crippen LogP contribution is -2.10. The third-order valence-electron chi connectivity index (χ3n) is 3.57. The molecule has 124 valence electrons. The molecule has 0 saturated heterocycles. The van der Waals surface area contributed by atoms with Gasteiger partial charge in [-0.05, 0) is 24.3 Å². The normalized spacial score (nSPS) is 11.4. The molecule has 0 atom stereocenters. The highest BCUT2D eigenvalue weighted by atomic mass is 16.3. The molecule has 0 fully saturated rings. The number of carbonyl (C=O) groups excluding carboxylic acids is 1. The van der Waals surface area contributed by atoms with Gasteiger partial charge in [0.1, 0.15) is 12.2 Å². The average molecular weight is 334 g/mol. The van der Waals surface area contributed by atoms with Gasteiger partial charge in [0.2, 0.25) is 5.91 Å². The second kappa shape index (κ2) is 6.44. The van der Waals surface area contributed by atoms with E-state index in [1.165, 1.54) is 6.08 Å². The molecule has 4 aromatic rings. The van der Waals surface area contributed by atoms with E-state index in [0.717, 1.165) is 16.6 Å². The molecule has 8 nitrogen and oxygen atoms in total. The SMILES string of the molecule is O=C(C=Cc1ccoc1)Nc1cnn(Cn2nnc3ccccc32)c1. The van der Waals surface area contributed by atoms with Gasteiger partial charge in [-0.15, -0.1) is 5.10 Å². The Morgan fingerprint density at radius 2 is 2.20 bits per heavy atom. The Bertz CT molecular complexity index is 1030. The summed E-state index contributed by atoms with van der Waals surface area (Å²) in [5, 5.41) is 15.2. The number of nitrogens with zero attached hydrogens (tertiary/aromatic N) is 5. The van der Waals surface area contributed by atoms with Crippen LogP contribution in [0.15, 0.2) is 65.7 Å². The van der Waals surface area contributed by atoms with E-state index in [1.54, 1.807) is 46.4 Å². The highest BCUT2D eigenvalue weighted by Gasteiger charge is 2.06. The third kappa shape index (κ3) is 3.32. The van der Waals surface area contributed by atoms with Gasteiger partial charge < -0.3 is 9.73 Å². The van der Waals surface area contributed by atoms with Crippen LogP contribution >= 0.6 is 0 Å². The van der Waals surface area contributed by atoms with Crippen LogP contribution in [0, 0.1) is 0 Å². The van der Waals surface area contributed by atoms with Gasteiger partial charge in [-0.3, -0.25) is 4.79 Å². The first-order valence-electron chi connectivity index (χ1n) is 7.60.